The van der Waals surface area contributed by atoms with Crippen molar-refractivity contribution in [3.8, 4) is 0 Å². The van der Waals surface area contributed by atoms with Crippen molar-refractivity contribution in [2.24, 2.45) is 0 Å². The summed E-state index contributed by atoms with van der Waals surface area (Å²) in [5, 5.41) is 147. The van der Waals surface area contributed by atoms with E-state index in [1.807, 2.05) is 0 Å². The molecule has 15 N–H and O–H groups in total. The molecule has 0 bridgehead atoms. The van der Waals surface area contributed by atoms with Crippen molar-refractivity contribution < 1.29 is 114 Å². The number of carbonyl (C=O) groups excluding carboxylic acids is 1. The number of carboxylic acids is 1. The van der Waals surface area contributed by atoms with Gasteiger partial charge in [0.15, 0.2) is 18.9 Å². The highest BCUT2D eigenvalue weighted by Gasteiger charge is 2.59. The van der Waals surface area contributed by atoms with Crippen LogP contribution in [0.25, 0.3) is 0 Å². The number of ether oxygens (including phenoxy) is 7. The van der Waals surface area contributed by atoms with Gasteiger partial charge in [0.1, 0.15) is 91.5 Å². The van der Waals surface area contributed by atoms with Crippen LogP contribution in [0.15, 0.2) is 0 Å². The lowest BCUT2D eigenvalue weighted by Crippen LogP contribution is -2.69. The first-order valence-corrected chi connectivity index (χ1v) is 16.6. The minimum atomic E-state index is -3.00. The average Bonchev–Trinajstić information content (AvgIpc) is 3.11. The number of aliphatic carboxylic acids is 1. The number of nitrogens with one attached hydrogen (secondary N) is 1. The molecule has 0 aromatic heterocycles. The van der Waals surface area contributed by atoms with Crippen LogP contribution in [0.2, 0.25) is 0 Å². The number of rotatable bonds is 13. The fourth-order valence-electron chi connectivity index (χ4n) is 6.43. The summed E-state index contributed by atoms with van der Waals surface area (Å²) in [5.74, 6) is -5.73. The highest BCUT2D eigenvalue weighted by atomic mass is 16.8. The molecule has 0 aromatic carbocycles. The zero-order valence-corrected chi connectivity index (χ0v) is 28.3. The number of hydrogen-bond acceptors (Lipinski definition) is 22. The highest BCUT2D eigenvalue weighted by molar-refractivity contribution is 5.76. The fourth-order valence-corrected chi connectivity index (χ4v) is 6.43. The Morgan fingerprint density at radius 1 is 0.792 bits per heavy atom. The lowest BCUT2D eigenvalue weighted by Gasteiger charge is -2.49. The zero-order valence-electron chi connectivity index (χ0n) is 28.3. The summed E-state index contributed by atoms with van der Waals surface area (Å²) in [4.78, 5) is 24.8. The van der Waals surface area contributed by atoms with E-state index >= 15 is 0 Å². The topological polar surface area (TPSA) is 394 Å². The van der Waals surface area contributed by atoms with E-state index in [4.69, 9.17) is 33.2 Å². The molecule has 4 rings (SSSR count). The lowest BCUT2D eigenvalue weighted by atomic mass is 9.90. The van der Waals surface area contributed by atoms with Crippen molar-refractivity contribution in [2.45, 2.75) is 149 Å². The molecule has 1 amide bonds. The molecule has 4 fully saturated rings. The van der Waals surface area contributed by atoms with Gasteiger partial charge in [-0.25, -0.2) is 4.79 Å². The lowest BCUT2D eigenvalue weighted by molar-refractivity contribution is -0.370. The third kappa shape index (κ3) is 9.24. The number of aliphatic hydroxyl groups excluding tert-OH is 13. The first kappa shape index (κ1) is 43.9. The Balaban J connectivity index is 1.61. The summed E-state index contributed by atoms with van der Waals surface area (Å²) in [6, 6.07) is -1.63. The molecule has 0 aromatic rings. The van der Waals surface area contributed by atoms with Crippen molar-refractivity contribution >= 4 is 11.9 Å². The Hall–Kier alpha value is -1.86. The van der Waals surface area contributed by atoms with E-state index in [0.29, 0.717) is 0 Å². The van der Waals surface area contributed by atoms with E-state index in [1.165, 1.54) is 6.92 Å². The Bertz CT molecular complexity index is 1220. The quantitative estimate of drug-likeness (QED) is 0.0825. The van der Waals surface area contributed by atoms with E-state index in [0.717, 1.165) is 6.92 Å². The summed E-state index contributed by atoms with van der Waals surface area (Å²) in [6.45, 7) is -0.671. The molecule has 4 aliphatic heterocycles. The van der Waals surface area contributed by atoms with Crippen molar-refractivity contribution in [1.29, 1.82) is 0 Å². The summed E-state index contributed by atoms with van der Waals surface area (Å²) in [6.07, 6.45) is -36.4. The standard InChI is InChI=1S/C29H49NO23/c1-7-14(35)19(40)21(42)26(48-7)50-10-3-29(28(45)46,53-24(17(10)38)15(36)9(34)4-31)47-6-12-18(39)23(13(25(44)49-12)30-8(2)33)52-27-22(43)20(41)16(37)11(5-32)51-27/h7,9-27,31-32,34-44H,3-6H2,1-2H3,(H,30,33)(H,45,46)/t7-,9+,10-,11+,12+,13+,14+,15+,16-,17+,18-,19+,20-,21-,22+,23+,24-,25+,26-,27+,29+/m0/s1. The summed E-state index contributed by atoms with van der Waals surface area (Å²) in [5.41, 5.74) is 0. The second kappa shape index (κ2) is 17.9. The molecule has 0 unspecified atom stereocenters. The molecule has 4 heterocycles. The molecule has 24 nitrogen and oxygen atoms in total. The maximum atomic E-state index is 12.8. The molecule has 4 saturated heterocycles. The van der Waals surface area contributed by atoms with Gasteiger partial charge < -0.3 is 110 Å². The first-order valence-electron chi connectivity index (χ1n) is 16.6. The number of amides is 1. The normalized spacial score (nSPS) is 47.8. The Morgan fingerprint density at radius 2 is 1.40 bits per heavy atom. The zero-order chi connectivity index (χ0) is 39.7. The van der Waals surface area contributed by atoms with E-state index < -0.39 is 166 Å². The summed E-state index contributed by atoms with van der Waals surface area (Å²) < 4.78 is 38.5. The van der Waals surface area contributed by atoms with E-state index in [-0.39, 0.29) is 0 Å². The van der Waals surface area contributed by atoms with Gasteiger partial charge in [0, 0.05) is 13.3 Å². The number of carboxylic acid groups (broad SMARTS) is 1. The SMILES string of the molecule is CC(=O)N[C@@H]1[C@@H](O[C@H]2O[C@H](CO)[C@H](O)[C@H](O)[C@H]2O)[C@@H](O)[C@@H](CO[C@]2(C(=O)O)C[C@H](O[C@@H]3O[C@@H](C)[C@@H](O)[C@@H](O)[C@@H]3O)[C@@H](O)[C@H]([C@H](O)[C@H](O)CO)O2)O[C@H]1O. The van der Waals surface area contributed by atoms with Gasteiger partial charge in [0.25, 0.3) is 5.79 Å². The molecule has 21 atom stereocenters. The summed E-state index contributed by atoms with van der Waals surface area (Å²) >= 11 is 0. The molecule has 0 spiro atoms. The van der Waals surface area contributed by atoms with Crippen LogP contribution < -0.4 is 5.32 Å². The Kier molecular flexibility index (Phi) is 14.9. The van der Waals surface area contributed by atoms with Crippen molar-refractivity contribution in [2.75, 3.05) is 19.8 Å². The molecule has 4 aliphatic rings. The van der Waals surface area contributed by atoms with E-state index in [2.05, 4.69) is 5.32 Å². The molecular formula is C29H49NO23. The van der Waals surface area contributed by atoms with Gasteiger partial charge in [-0.1, -0.05) is 0 Å². The molecule has 0 radical (unpaired) electrons. The fraction of sp³-hybridized carbons (Fsp3) is 0.931. The highest BCUT2D eigenvalue weighted by Crippen LogP contribution is 2.38. The van der Waals surface area contributed by atoms with Crippen molar-refractivity contribution in [3.05, 3.63) is 0 Å². The van der Waals surface area contributed by atoms with Gasteiger partial charge in [0.2, 0.25) is 5.91 Å². The van der Waals surface area contributed by atoms with Gasteiger partial charge in [-0.15, -0.1) is 0 Å². The molecule has 53 heavy (non-hydrogen) atoms. The number of carbonyl (C=O) groups is 2. The van der Waals surface area contributed by atoms with Gasteiger partial charge in [0.05, 0.1) is 32.0 Å². The average molecular weight is 780 g/mol. The van der Waals surface area contributed by atoms with Crippen LogP contribution in [0.5, 0.6) is 0 Å². The molecule has 308 valence electrons. The van der Waals surface area contributed by atoms with Crippen LogP contribution in [-0.4, -0.2) is 232 Å². The van der Waals surface area contributed by atoms with E-state index in [1.54, 1.807) is 0 Å². The third-order valence-corrected chi connectivity index (χ3v) is 9.56. The maximum Gasteiger partial charge on any atom is 0.364 e. The Labute approximate surface area is 300 Å². The van der Waals surface area contributed by atoms with E-state index in [9.17, 15) is 81.1 Å². The van der Waals surface area contributed by atoms with Crippen LogP contribution in [0.1, 0.15) is 20.3 Å². The van der Waals surface area contributed by atoms with Crippen LogP contribution in [0.4, 0.5) is 0 Å². The van der Waals surface area contributed by atoms with Crippen LogP contribution in [0, 0.1) is 0 Å². The third-order valence-electron chi connectivity index (χ3n) is 9.56. The largest absolute Gasteiger partial charge is 0.477 e. The number of aliphatic hydroxyl groups is 13. The molecular weight excluding hydrogens is 730 g/mol. The smallest absolute Gasteiger partial charge is 0.364 e. The van der Waals surface area contributed by atoms with Crippen molar-refractivity contribution in [1.82, 2.24) is 5.32 Å². The number of hydrogen-bond donors (Lipinski definition) is 15. The minimum Gasteiger partial charge on any atom is -0.477 e. The first-order chi connectivity index (χ1) is 24.8. The van der Waals surface area contributed by atoms with Crippen LogP contribution in [-0.2, 0) is 42.7 Å². The molecule has 0 aliphatic carbocycles. The van der Waals surface area contributed by atoms with Crippen molar-refractivity contribution in [3.63, 3.8) is 0 Å². The van der Waals surface area contributed by atoms with Gasteiger partial charge in [-0.05, 0) is 6.92 Å². The van der Waals surface area contributed by atoms with Gasteiger partial charge in [-0.2, -0.15) is 0 Å². The molecule has 24 heteroatoms. The maximum absolute atomic E-state index is 12.8. The second-order valence-corrected chi connectivity index (χ2v) is 13.3. The second-order valence-electron chi connectivity index (χ2n) is 13.3. The minimum absolute atomic E-state index is 0.773. The molecule has 0 saturated carbocycles. The van der Waals surface area contributed by atoms with Gasteiger partial charge >= 0.3 is 5.97 Å². The van der Waals surface area contributed by atoms with Crippen LogP contribution in [0.3, 0.4) is 0 Å². The van der Waals surface area contributed by atoms with Gasteiger partial charge in [-0.3, -0.25) is 4.79 Å². The van der Waals surface area contributed by atoms with Crippen LogP contribution >= 0.6 is 0 Å². The monoisotopic (exact) mass is 779 g/mol. The predicted octanol–water partition coefficient (Wildman–Crippen LogP) is -9.37. The Morgan fingerprint density at radius 3 is 1.96 bits per heavy atom. The predicted molar refractivity (Wildman–Crippen MR) is 161 cm³/mol. The summed E-state index contributed by atoms with van der Waals surface area (Å²) in [7, 11) is 0.